The molecule has 1 saturated heterocycles. The van der Waals surface area contributed by atoms with Crippen LogP contribution >= 0.6 is 0 Å². The van der Waals surface area contributed by atoms with Crippen molar-refractivity contribution in [2.24, 2.45) is 11.8 Å². The molecule has 0 aromatic rings. The lowest BCUT2D eigenvalue weighted by Gasteiger charge is -2.40. The maximum Gasteiger partial charge on any atom is 0.417 e. The number of piperidine rings is 1. The third-order valence-corrected chi connectivity index (χ3v) is 5.26. The van der Waals surface area contributed by atoms with Gasteiger partial charge in [0.15, 0.2) is 5.60 Å². The summed E-state index contributed by atoms with van der Waals surface area (Å²) >= 11 is 0. The zero-order valence-electron chi connectivity index (χ0n) is 13.2. The maximum atomic E-state index is 12.8. The van der Waals surface area contributed by atoms with Gasteiger partial charge in [-0.1, -0.05) is 39.0 Å². The van der Waals surface area contributed by atoms with Gasteiger partial charge in [0.2, 0.25) is 5.91 Å². The molecule has 128 valence electrons. The molecule has 0 spiro atoms. The molecule has 0 aromatic carbocycles. The van der Waals surface area contributed by atoms with E-state index in [1.54, 1.807) is 0 Å². The van der Waals surface area contributed by atoms with Crippen molar-refractivity contribution in [3.8, 4) is 0 Å². The summed E-state index contributed by atoms with van der Waals surface area (Å²) in [6.07, 6.45) is 1.39. The van der Waals surface area contributed by atoms with E-state index in [0.717, 1.165) is 19.3 Å². The molecular formula is C16H26F3NO2. The Morgan fingerprint density at radius 2 is 1.77 bits per heavy atom. The van der Waals surface area contributed by atoms with Crippen LogP contribution < -0.4 is 0 Å². The van der Waals surface area contributed by atoms with E-state index in [1.807, 2.05) is 6.92 Å². The molecule has 1 aliphatic heterocycles. The van der Waals surface area contributed by atoms with Gasteiger partial charge in [-0.2, -0.15) is 13.2 Å². The Bertz CT molecular complexity index is 383. The Morgan fingerprint density at radius 3 is 2.27 bits per heavy atom. The van der Waals surface area contributed by atoms with E-state index >= 15 is 0 Å². The Hall–Kier alpha value is -0.780. The number of hydrogen-bond acceptors (Lipinski definition) is 2. The largest absolute Gasteiger partial charge is 0.417 e. The summed E-state index contributed by atoms with van der Waals surface area (Å²) in [6, 6.07) is 0. The second-order valence-electron chi connectivity index (χ2n) is 7.00. The van der Waals surface area contributed by atoms with Crippen LogP contribution in [0.15, 0.2) is 0 Å². The molecule has 1 atom stereocenters. The molecular weight excluding hydrogens is 295 g/mol. The number of halogens is 3. The van der Waals surface area contributed by atoms with Crippen molar-refractivity contribution in [3.63, 3.8) is 0 Å². The fraction of sp³-hybridized carbons (Fsp3) is 0.938. The van der Waals surface area contributed by atoms with Crippen molar-refractivity contribution in [1.82, 2.24) is 4.90 Å². The Morgan fingerprint density at radius 1 is 1.23 bits per heavy atom. The van der Waals surface area contributed by atoms with E-state index in [2.05, 4.69) is 0 Å². The molecule has 0 radical (unpaired) electrons. The van der Waals surface area contributed by atoms with Gasteiger partial charge >= 0.3 is 6.18 Å². The molecule has 1 unspecified atom stereocenters. The van der Waals surface area contributed by atoms with Crippen molar-refractivity contribution in [1.29, 1.82) is 0 Å². The SMILES string of the molecule is CC(CC1CCCCC1)C(=O)N1CCC(O)(C(F)(F)F)CC1. The molecule has 1 N–H and O–H groups in total. The van der Waals surface area contributed by atoms with Gasteiger partial charge in [-0.15, -0.1) is 0 Å². The van der Waals surface area contributed by atoms with Crippen LogP contribution in [0.4, 0.5) is 13.2 Å². The van der Waals surface area contributed by atoms with Crippen LogP contribution in [0.1, 0.15) is 58.3 Å². The molecule has 2 rings (SSSR count). The summed E-state index contributed by atoms with van der Waals surface area (Å²) in [5.74, 6) is 0.375. The van der Waals surface area contributed by atoms with Crippen LogP contribution in [0.3, 0.4) is 0 Å². The molecule has 6 heteroatoms. The molecule has 2 fully saturated rings. The summed E-state index contributed by atoms with van der Waals surface area (Å²) in [7, 11) is 0. The number of amides is 1. The maximum absolute atomic E-state index is 12.8. The molecule has 1 heterocycles. The van der Waals surface area contributed by atoms with Crippen molar-refractivity contribution < 1.29 is 23.1 Å². The second-order valence-corrected chi connectivity index (χ2v) is 7.00. The first-order valence-electron chi connectivity index (χ1n) is 8.31. The van der Waals surface area contributed by atoms with Crippen LogP contribution in [0.25, 0.3) is 0 Å². The fourth-order valence-corrected chi connectivity index (χ4v) is 3.72. The lowest BCUT2D eigenvalue weighted by Crippen LogP contribution is -2.55. The zero-order chi connectivity index (χ0) is 16.4. The van der Waals surface area contributed by atoms with Crippen molar-refractivity contribution in [2.75, 3.05) is 13.1 Å². The van der Waals surface area contributed by atoms with Gasteiger partial charge in [0.1, 0.15) is 0 Å². The van der Waals surface area contributed by atoms with Gasteiger partial charge in [-0.05, 0) is 12.3 Å². The average molecular weight is 321 g/mol. The summed E-state index contributed by atoms with van der Waals surface area (Å²) in [6.45, 7) is 1.86. The van der Waals surface area contributed by atoms with E-state index in [1.165, 1.54) is 24.2 Å². The van der Waals surface area contributed by atoms with Crippen molar-refractivity contribution >= 4 is 5.91 Å². The predicted molar refractivity (Wildman–Crippen MR) is 77.2 cm³/mol. The molecule has 22 heavy (non-hydrogen) atoms. The van der Waals surface area contributed by atoms with Gasteiger partial charge in [-0.25, -0.2) is 0 Å². The van der Waals surface area contributed by atoms with Gasteiger partial charge < -0.3 is 10.0 Å². The van der Waals surface area contributed by atoms with E-state index in [-0.39, 0.29) is 24.9 Å². The van der Waals surface area contributed by atoms with Crippen LogP contribution in [0, 0.1) is 11.8 Å². The van der Waals surface area contributed by atoms with Crippen LogP contribution in [0.5, 0.6) is 0 Å². The smallest absolute Gasteiger partial charge is 0.380 e. The lowest BCUT2D eigenvalue weighted by atomic mass is 9.82. The number of likely N-dealkylation sites (tertiary alicyclic amines) is 1. The minimum atomic E-state index is -4.62. The minimum absolute atomic E-state index is 0.0101. The Labute approximate surface area is 129 Å². The number of nitrogens with zero attached hydrogens (tertiary/aromatic N) is 1. The van der Waals surface area contributed by atoms with Gasteiger partial charge in [0.25, 0.3) is 0 Å². The normalized spacial score (nSPS) is 25.0. The first kappa shape index (κ1) is 17.6. The van der Waals surface area contributed by atoms with E-state index in [9.17, 15) is 23.1 Å². The molecule has 0 aromatic heterocycles. The summed E-state index contributed by atoms with van der Waals surface area (Å²) < 4.78 is 38.3. The van der Waals surface area contributed by atoms with Gasteiger partial charge in [0, 0.05) is 31.8 Å². The quantitative estimate of drug-likeness (QED) is 0.864. The predicted octanol–water partition coefficient (Wildman–Crippen LogP) is 3.51. The standard InChI is InChI=1S/C16H26F3NO2/c1-12(11-13-5-3-2-4-6-13)14(21)20-9-7-15(22,8-10-20)16(17,18)19/h12-13,22H,2-11H2,1H3. The third-order valence-electron chi connectivity index (χ3n) is 5.26. The highest BCUT2D eigenvalue weighted by molar-refractivity contribution is 5.78. The summed E-state index contributed by atoms with van der Waals surface area (Å²) in [5, 5.41) is 9.64. The first-order valence-corrected chi connectivity index (χ1v) is 8.31. The molecule has 3 nitrogen and oxygen atoms in total. The topological polar surface area (TPSA) is 40.5 Å². The molecule has 0 bridgehead atoms. The number of carbonyl (C=O) groups excluding carboxylic acids is 1. The third kappa shape index (κ3) is 3.94. The van der Waals surface area contributed by atoms with Crippen LogP contribution in [-0.4, -0.2) is 40.8 Å². The van der Waals surface area contributed by atoms with E-state index in [4.69, 9.17) is 0 Å². The Balaban J connectivity index is 1.83. The average Bonchev–Trinajstić information content (AvgIpc) is 2.47. The molecule has 2 aliphatic rings. The first-order chi connectivity index (χ1) is 10.2. The highest BCUT2D eigenvalue weighted by atomic mass is 19.4. The van der Waals surface area contributed by atoms with Crippen LogP contribution in [-0.2, 0) is 4.79 Å². The van der Waals surface area contributed by atoms with Crippen molar-refractivity contribution in [2.45, 2.75) is 70.1 Å². The van der Waals surface area contributed by atoms with Gasteiger partial charge in [-0.3, -0.25) is 4.79 Å². The lowest BCUT2D eigenvalue weighted by molar-refractivity contribution is -0.272. The number of alkyl halides is 3. The number of aliphatic hydroxyl groups is 1. The second kappa shape index (κ2) is 6.77. The van der Waals surface area contributed by atoms with E-state index in [0.29, 0.717) is 5.92 Å². The number of carbonyl (C=O) groups is 1. The summed E-state index contributed by atoms with van der Waals surface area (Å²) in [4.78, 5) is 13.9. The number of hydrogen-bond donors (Lipinski definition) is 1. The van der Waals surface area contributed by atoms with Crippen molar-refractivity contribution in [3.05, 3.63) is 0 Å². The fourth-order valence-electron chi connectivity index (χ4n) is 3.72. The molecule has 1 saturated carbocycles. The van der Waals surface area contributed by atoms with E-state index < -0.39 is 24.6 Å². The van der Waals surface area contributed by atoms with Gasteiger partial charge in [0.05, 0.1) is 0 Å². The number of rotatable bonds is 3. The highest BCUT2D eigenvalue weighted by Crippen LogP contribution is 2.39. The Kier molecular flexibility index (Phi) is 5.41. The highest BCUT2D eigenvalue weighted by Gasteiger charge is 2.55. The molecule has 1 amide bonds. The zero-order valence-corrected chi connectivity index (χ0v) is 13.2. The minimum Gasteiger partial charge on any atom is -0.380 e. The summed E-state index contributed by atoms with van der Waals surface area (Å²) in [5.41, 5.74) is -2.63. The monoisotopic (exact) mass is 321 g/mol. The van der Waals surface area contributed by atoms with Crippen LogP contribution in [0.2, 0.25) is 0 Å². The molecule has 1 aliphatic carbocycles.